The maximum atomic E-state index is 12.3. The molecule has 3 nitrogen and oxygen atoms in total. The average Bonchev–Trinajstić information content (AvgIpc) is 2.55. The quantitative estimate of drug-likeness (QED) is 0.805. The molecule has 0 aliphatic rings. The van der Waals surface area contributed by atoms with Crippen LogP contribution in [-0.2, 0) is 0 Å². The molecule has 0 spiro atoms. The van der Waals surface area contributed by atoms with Crippen molar-refractivity contribution in [3.63, 3.8) is 0 Å². The molecule has 0 saturated heterocycles. The molecule has 1 amide bonds. The summed E-state index contributed by atoms with van der Waals surface area (Å²) in [5.74, 6) is -0.120. The van der Waals surface area contributed by atoms with Crippen LogP contribution in [0.3, 0.4) is 0 Å². The van der Waals surface area contributed by atoms with Crippen LogP contribution in [0, 0.1) is 0 Å². The van der Waals surface area contributed by atoms with Gasteiger partial charge in [-0.2, -0.15) is 0 Å². The first-order chi connectivity index (χ1) is 10.2. The molecule has 21 heavy (non-hydrogen) atoms. The second-order valence-corrected chi connectivity index (χ2v) is 5.56. The van der Waals surface area contributed by atoms with E-state index in [0.717, 1.165) is 10.5 Å². The molecule has 1 unspecified atom stereocenters. The van der Waals surface area contributed by atoms with E-state index in [2.05, 4.69) is 5.32 Å². The van der Waals surface area contributed by atoms with Gasteiger partial charge in [-0.15, -0.1) is 11.8 Å². The van der Waals surface area contributed by atoms with Crippen LogP contribution in [-0.4, -0.2) is 23.9 Å². The summed E-state index contributed by atoms with van der Waals surface area (Å²) in [6.45, 7) is 0.0330. The van der Waals surface area contributed by atoms with E-state index < -0.39 is 0 Å². The van der Waals surface area contributed by atoms with Gasteiger partial charge in [-0.05, 0) is 42.5 Å². The molecule has 0 fully saturated rings. The summed E-state index contributed by atoms with van der Waals surface area (Å²) in [5, 5.41) is 12.2. The largest absolute Gasteiger partial charge is 0.396 e. The molecule has 2 aromatic rings. The van der Waals surface area contributed by atoms with Crippen LogP contribution in [0.2, 0.25) is 0 Å². The first kappa shape index (κ1) is 15.6. The van der Waals surface area contributed by atoms with Crippen molar-refractivity contribution in [3.8, 4) is 0 Å². The number of amides is 1. The molecule has 4 heteroatoms. The highest BCUT2D eigenvalue weighted by molar-refractivity contribution is 7.98. The number of aliphatic hydroxyl groups is 1. The third kappa shape index (κ3) is 4.34. The van der Waals surface area contributed by atoms with E-state index in [4.69, 9.17) is 0 Å². The summed E-state index contributed by atoms with van der Waals surface area (Å²) < 4.78 is 0. The first-order valence-corrected chi connectivity index (χ1v) is 8.08. The lowest BCUT2D eigenvalue weighted by Gasteiger charge is -2.18. The molecule has 0 heterocycles. The molecule has 0 aliphatic heterocycles. The Kier molecular flexibility index (Phi) is 5.84. The molecule has 0 radical (unpaired) electrons. The Balaban J connectivity index is 2.10. The van der Waals surface area contributed by atoms with E-state index in [1.807, 2.05) is 60.9 Å². The topological polar surface area (TPSA) is 49.3 Å². The number of benzene rings is 2. The number of hydrogen-bond acceptors (Lipinski definition) is 3. The Morgan fingerprint density at radius 3 is 2.38 bits per heavy atom. The smallest absolute Gasteiger partial charge is 0.251 e. The number of hydrogen-bond donors (Lipinski definition) is 2. The zero-order valence-corrected chi connectivity index (χ0v) is 12.8. The molecular formula is C17H19NO2S. The molecule has 2 N–H and O–H groups in total. The monoisotopic (exact) mass is 301 g/mol. The molecule has 0 saturated carbocycles. The standard InChI is InChI=1S/C17H19NO2S/c1-21-15-9-7-14(8-10-15)17(20)18-16(11-12-19)13-5-3-2-4-6-13/h2-10,16,19H,11-12H2,1H3,(H,18,20). The van der Waals surface area contributed by atoms with Crippen LogP contribution in [0.15, 0.2) is 59.5 Å². The molecule has 0 bridgehead atoms. The van der Waals surface area contributed by atoms with Crippen LogP contribution in [0.1, 0.15) is 28.4 Å². The molecule has 0 aromatic heterocycles. The Labute approximate surface area is 129 Å². The maximum absolute atomic E-state index is 12.3. The van der Waals surface area contributed by atoms with Crippen molar-refractivity contribution in [1.29, 1.82) is 0 Å². The van der Waals surface area contributed by atoms with Crippen LogP contribution in [0.5, 0.6) is 0 Å². The van der Waals surface area contributed by atoms with Gasteiger partial charge in [-0.3, -0.25) is 4.79 Å². The fourth-order valence-corrected chi connectivity index (χ4v) is 2.53. The van der Waals surface area contributed by atoms with Crippen molar-refractivity contribution >= 4 is 17.7 Å². The third-order valence-corrected chi connectivity index (χ3v) is 4.02. The van der Waals surface area contributed by atoms with Gasteiger partial charge in [0.15, 0.2) is 0 Å². The second kappa shape index (κ2) is 7.86. The Hall–Kier alpha value is -1.78. The number of rotatable bonds is 6. The minimum Gasteiger partial charge on any atom is -0.396 e. The summed E-state index contributed by atoms with van der Waals surface area (Å²) in [5.41, 5.74) is 1.63. The summed E-state index contributed by atoms with van der Waals surface area (Å²) in [7, 11) is 0. The zero-order chi connectivity index (χ0) is 15.1. The van der Waals surface area contributed by atoms with Crippen LogP contribution in [0.25, 0.3) is 0 Å². The second-order valence-electron chi connectivity index (χ2n) is 4.68. The highest BCUT2D eigenvalue weighted by Crippen LogP contribution is 2.18. The lowest BCUT2D eigenvalue weighted by molar-refractivity contribution is 0.0930. The predicted octanol–water partition coefficient (Wildman–Crippen LogP) is 3.26. The number of nitrogens with one attached hydrogen (secondary N) is 1. The van der Waals surface area contributed by atoms with Crippen molar-refractivity contribution in [2.75, 3.05) is 12.9 Å². The van der Waals surface area contributed by atoms with Gasteiger partial charge in [0.25, 0.3) is 5.91 Å². The van der Waals surface area contributed by atoms with E-state index in [-0.39, 0.29) is 18.6 Å². The van der Waals surface area contributed by atoms with Gasteiger partial charge in [0.05, 0.1) is 6.04 Å². The summed E-state index contributed by atoms with van der Waals surface area (Å²) >= 11 is 1.64. The SMILES string of the molecule is CSc1ccc(C(=O)NC(CCO)c2ccccc2)cc1. The van der Waals surface area contributed by atoms with Gasteiger partial charge in [0, 0.05) is 17.1 Å². The number of carbonyl (C=O) groups excluding carboxylic acids is 1. The molecular weight excluding hydrogens is 282 g/mol. The summed E-state index contributed by atoms with van der Waals surface area (Å²) in [6, 6.07) is 17.0. The lowest BCUT2D eigenvalue weighted by atomic mass is 10.0. The third-order valence-electron chi connectivity index (χ3n) is 3.28. The van der Waals surface area contributed by atoms with Crippen LogP contribution >= 0.6 is 11.8 Å². The molecule has 2 aromatic carbocycles. The lowest BCUT2D eigenvalue weighted by Crippen LogP contribution is -2.29. The van der Waals surface area contributed by atoms with Crippen molar-refractivity contribution in [3.05, 3.63) is 65.7 Å². The van der Waals surface area contributed by atoms with Gasteiger partial charge >= 0.3 is 0 Å². The predicted molar refractivity (Wildman–Crippen MR) is 86.6 cm³/mol. The molecule has 110 valence electrons. The van der Waals surface area contributed by atoms with Crippen molar-refractivity contribution in [2.24, 2.45) is 0 Å². The Morgan fingerprint density at radius 2 is 1.81 bits per heavy atom. The number of aliphatic hydroxyl groups excluding tert-OH is 1. The number of thioether (sulfide) groups is 1. The fraction of sp³-hybridized carbons (Fsp3) is 0.235. The maximum Gasteiger partial charge on any atom is 0.251 e. The molecule has 2 rings (SSSR count). The van der Waals surface area contributed by atoms with Gasteiger partial charge in [-0.1, -0.05) is 30.3 Å². The van der Waals surface area contributed by atoms with Crippen LogP contribution in [0.4, 0.5) is 0 Å². The van der Waals surface area contributed by atoms with Gasteiger partial charge in [-0.25, -0.2) is 0 Å². The van der Waals surface area contributed by atoms with Gasteiger partial charge in [0.2, 0.25) is 0 Å². The van der Waals surface area contributed by atoms with Crippen molar-refractivity contribution in [2.45, 2.75) is 17.4 Å². The van der Waals surface area contributed by atoms with Crippen molar-refractivity contribution < 1.29 is 9.90 Å². The minimum absolute atomic E-state index is 0.0330. The highest BCUT2D eigenvalue weighted by Gasteiger charge is 2.15. The minimum atomic E-state index is -0.177. The average molecular weight is 301 g/mol. The summed E-state index contributed by atoms with van der Waals surface area (Å²) in [4.78, 5) is 13.4. The first-order valence-electron chi connectivity index (χ1n) is 6.85. The molecule has 1 atom stereocenters. The fourth-order valence-electron chi connectivity index (χ4n) is 2.12. The van der Waals surface area contributed by atoms with Gasteiger partial charge < -0.3 is 10.4 Å². The zero-order valence-electron chi connectivity index (χ0n) is 12.0. The van der Waals surface area contributed by atoms with E-state index >= 15 is 0 Å². The van der Waals surface area contributed by atoms with E-state index in [9.17, 15) is 9.90 Å². The van der Waals surface area contributed by atoms with E-state index in [1.165, 1.54) is 0 Å². The van der Waals surface area contributed by atoms with E-state index in [0.29, 0.717) is 12.0 Å². The van der Waals surface area contributed by atoms with Gasteiger partial charge in [0.1, 0.15) is 0 Å². The summed E-state index contributed by atoms with van der Waals surface area (Å²) in [6.07, 6.45) is 2.50. The van der Waals surface area contributed by atoms with Crippen LogP contribution < -0.4 is 5.32 Å². The highest BCUT2D eigenvalue weighted by atomic mass is 32.2. The number of carbonyl (C=O) groups is 1. The van der Waals surface area contributed by atoms with E-state index in [1.54, 1.807) is 11.8 Å². The Morgan fingerprint density at radius 1 is 1.14 bits per heavy atom. The Bertz CT molecular complexity index is 569. The normalized spacial score (nSPS) is 11.9. The van der Waals surface area contributed by atoms with Crippen molar-refractivity contribution in [1.82, 2.24) is 5.32 Å². The molecule has 0 aliphatic carbocycles.